The smallest absolute Gasteiger partial charge is 0.244 e. The van der Waals surface area contributed by atoms with Gasteiger partial charge < -0.3 is 10.2 Å². The first-order valence-electron chi connectivity index (χ1n) is 9.45. The molecule has 1 atom stereocenters. The number of hydrogen-bond acceptors (Lipinski definition) is 4. The summed E-state index contributed by atoms with van der Waals surface area (Å²) in [6.45, 7) is 3.16. The monoisotopic (exact) mass is 502 g/mol. The lowest BCUT2D eigenvalue weighted by atomic mass is 9.98. The molecular formula is C22H17BrClFN4O2. The second-order valence-corrected chi connectivity index (χ2v) is 8.48. The van der Waals surface area contributed by atoms with Crippen molar-refractivity contribution in [2.75, 3.05) is 16.8 Å². The first-order valence-corrected chi connectivity index (χ1v) is 10.6. The number of nitrogens with one attached hydrogen (secondary N) is 1. The molecule has 4 rings (SSSR count). The van der Waals surface area contributed by atoms with Crippen LogP contribution in [0.15, 0.2) is 47.1 Å². The first kappa shape index (κ1) is 21.4. The van der Waals surface area contributed by atoms with Crippen LogP contribution in [0.2, 0.25) is 5.15 Å². The van der Waals surface area contributed by atoms with E-state index in [1.165, 1.54) is 17.0 Å². The van der Waals surface area contributed by atoms with Crippen molar-refractivity contribution in [2.45, 2.75) is 19.8 Å². The summed E-state index contributed by atoms with van der Waals surface area (Å²) in [6, 6.07) is 9.61. The summed E-state index contributed by atoms with van der Waals surface area (Å²) in [7, 11) is 0. The number of anilines is 2. The van der Waals surface area contributed by atoms with E-state index in [0.717, 1.165) is 0 Å². The number of hydrogen-bond donors (Lipinski definition) is 1. The van der Waals surface area contributed by atoms with Gasteiger partial charge in [-0.1, -0.05) is 33.6 Å². The fourth-order valence-corrected chi connectivity index (χ4v) is 4.28. The van der Waals surface area contributed by atoms with Crippen LogP contribution in [-0.4, -0.2) is 28.3 Å². The Morgan fingerprint density at radius 3 is 2.84 bits per heavy atom. The topological polar surface area (TPSA) is 75.2 Å². The van der Waals surface area contributed by atoms with Gasteiger partial charge in [-0.15, -0.1) is 0 Å². The minimum absolute atomic E-state index is 0.0256. The normalized spacial score (nSPS) is 15.2. The number of rotatable bonds is 3. The molecule has 3 aromatic rings. The van der Waals surface area contributed by atoms with Crippen molar-refractivity contribution in [3.8, 4) is 11.1 Å². The quantitative estimate of drug-likeness (QED) is 0.505. The van der Waals surface area contributed by atoms with Gasteiger partial charge in [0.25, 0.3) is 0 Å². The highest BCUT2D eigenvalue weighted by molar-refractivity contribution is 9.10. The van der Waals surface area contributed by atoms with Crippen molar-refractivity contribution in [3.05, 3.63) is 69.4 Å². The molecule has 1 aromatic carbocycles. The van der Waals surface area contributed by atoms with Crippen LogP contribution in [0.1, 0.15) is 24.2 Å². The standard InChI is InChI=1S/C22H17BrClFN4O2/c1-11-8-17-19(21(24)27-11)14-4-3-7-26-20(14)12(2)22(31)29(17)10-18(30)28-16-6-5-13(23)9-15(16)25/h3-9,12H,10H2,1-2H3,(H,28,30)/t12-/m1/s1. The van der Waals surface area contributed by atoms with Crippen molar-refractivity contribution in [2.24, 2.45) is 0 Å². The molecule has 0 bridgehead atoms. The van der Waals surface area contributed by atoms with E-state index in [1.54, 1.807) is 38.2 Å². The van der Waals surface area contributed by atoms with Gasteiger partial charge in [-0.25, -0.2) is 9.37 Å². The molecule has 0 saturated carbocycles. The molecule has 0 spiro atoms. The molecule has 0 unspecified atom stereocenters. The van der Waals surface area contributed by atoms with Crippen molar-refractivity contribution >= 4 is 50.7 Å². The van der Waals surface area contributed by atoms with Crippen LogP contribution in [0.5, 0.6) is 0 Å². The van der Waals surface area contributed by atoms with Gasteiger partial charge in [0.05, 0.1) is 23.0 Å². The third-order valence-electron chi connectivity index (χ3n) is 5.03. The number of benzene rings is 1. The number of halogens is 3. The highest BCUT2D eigenvalue weighted by Crippen LogP contribution is 2.43. The Bertz CT molecular complexity index is 1220. The summed E-state index contributed by atoms with van der Waals surface area (Å²) >= 11 is 9.66. The summed E-state index contributed by atoms with van der Waals surface area (Å²) < 4.78 is 14.7. The number of carbonyl (C=O) groups excluding carboxylic acids is 2. The molecule has 0 aliphatic carbocycles. The Labute approximate surface area is 191 Å². The fraction of sp³-hybridized carbons (Fsp3) is 0.182. The molecule has 0 fully saturated rings. The minimum atomic E-state index is -0.614. The van der Waals surface area contributed by atoms with Crippen LogP contribution < -0.4 is 10.2 Å². The van der Waals surface area contributed by atoms with Gasteiger partial charge in [0.2, 0.25) is 11.8 Å². The van der Waals surface area contributed by atoms with Gasteiger partial charge in [-0.2, -0.15) is 0 Å². The predicted molar refractivity (Wildman–Crippen MR) is 121 cm³/mol. The number of pyridine rings is 2. The van der Waals surface area contributed by atoms with Gasteiger partial charge in [0.1, 0.15) is 17.5 Å². The maximum Gasteiger partial charge on any atom is 0.244 e. The van der Waals surface area contributed by atoms with E-state index in [4.69, 9.17) is 11.6 Å². The van der Waals surface area contributed by atoms with Crippen molar-refractivity contribution in [1.82, 2.24) is 9.97 Å². The molecular weight excluding hydrogens is 487 g/mol. The Balaban J connectivity index is 1.76. The van der Waals surface area contributed by atoms with Crippen molar-refractivity contribution in [1.29, 1.82) is 0 Å². The average Bonchev–Trinajstić information content (AvgIpc) is 2.80. The summed E-state index contributed by atoms with van der Waals surface area (Å²) in [5.74, 6) is -2.06. The highest BCUT2D eigenvalue weighted by atomic mass is 79.9. The number of amides is 2. The first-order chi connectivity index (χ1) is 14.8. The van der Waals surface area contributed by atoms with Gasteiger partial charge in [-0.05, 0) is 44.2 Å². The predicted octanol–water partition coefficient (Wildman–Crippen LogP) is 5.10. The Morgan fingerprint density at radius 2 is 2.10 bits per heavy atom. The van der Waals surface area contributed by atoms with E-state index in [9.17, 15) is 14.0 Å². The molecule has 3 heterocycles. The molecule has 0 radical (unpaired) electrons. The zero-order valence-electron chi connectivity index (χ0n) is 16.6. The molecule has 1 N–H and O–H groups in total. The summed E-state index contributed by atoms with van der Waals surface area (Å²) in [5.41, 5.74) is 2.88. The number of nitrogens with zero attached hydrogens (tertiary/aromatic N) is 3. The number of fused-ring (bicyclic) bond motifs is 3. The van der Waals surface area contributed by atoms with Crippen molar-refractivity contribution < 1.29 is 14.0 Å². The Kier molecular flexibility index (Phi) is 5.77. The summed E-state index contributed by atoms with van der Waals surface area (Å²) in [5, 5.41) is 2.75. The van der Waals surface area contributed by atoms with E-state index >= 15 is 0 Å². The maximum atomic E-state index is 14.2. The molecule has 2 aromatic heterocycles. The molecule has 158 valence electrons. The molecule has 31 heavy (non-hydrogen) atoms. The van der Waals surface area contributed by atoms with E-state index in [2.05, 4.69) is 31.2 Å². The number of carbonyl (C=O) groups is 2. The van der Waals surface area contributed by atoms with Gasteiger partial charge in [-0.3, -0.25) is 14.6 Å². The fourth-order valence-electron chi connectivity index (χ4n) is 3.61. The van der Waals surface area contributed by atoms with Crippen LogP contribution in [-0.2, 0) is 9.59 Å². The molecule has 1 aliphatic rings. The lowest BCUT2D eigenvalue weighted by Gasteiger charge is -2.24. The molecule has 0 saturated heterocycles. The second kappa shape index (κ2) is 8.36. The van der Waals surface area contributed by atoms with E-state index in [1.807, 2.05) is 6.07 Å². The average molecular weight is 504 g/mol. The third-order valence-corrected chi connectivity index (χ3v) is 5.80. The van der Waals surface area contributed by atoms with Crippen LogP contribution in [0.25, 0.3) is 11.1 Å². The largest absolute Gasteiger partial charge is 0.322 e. The molecule has 2 amide bonds. The molecule has 1 aliphatic heterocycles. The zero-order valence-corrected chi connectivity index (χ0v) is 19.0. The van der Waals surface area contributed by atoms with Gasteiger partial charge in [0, 0.05) is 27.5 Å². The molecule has 9 heteroatoms. The van der Waals surface area contributed by atoms with Gasteiger partial charge in [0.15, 0.2) is 0 Å². The highest BCUT2D eigenvalue weighted by Gasteiger charge is 2.35. The van der Waals surface area contributed by atoms with Crippen LogP contribution in [0.3, 0.4) is 0 Å². The van der Waals surface area contributed by atoms with E-state index < -0.39 is 17.6 Å². The van der Waals surface area contributed by atoms with Gasteiger partial charge >= 0.3 is 0 Å². The minimum Gasteiger partial charge on any atom is -0.322 e. The summed E-state index contributed by atoms with van der Waals surface area (Å²) in [6.07, 6.45) is 1.61. The lowest BCUT2D eigenvalue weighted by molar-refractivity contribution is -0.122. The Hall–Kier alpha value is -2.84. The SMILES string of the molecule is Cc1cc2c(c(Cl)n1)-c1cccnc1[C@@H](C)C(=O)N2CC(=O)Nc1ccc(Br)cc1F. The molecule has 6 nitrogen and oxygen atoms in total. The van der Waals surface area contributed by atoms with Crippen LogP contribution in [0, 0.1) is 12.7 Å². The van der Waals surface area contributed by atoms with Crippen LogP contribution in [0.4, 0.5) is 15.8 Å². The van der Waals surface area contributed by atoms with Crippen molar-refractivity contribution in [3.63, 3.8) is 0 Å². The number of aryl methyl sites for hydroxylation is 1. The second-order valence-electron chi connectivity index (χ2n) is 7.20. The van der Waals surface area contributed by atoms with Crippen LogP contribution >= 0.6 is 27.5 Å². The third kappa shape index (κ3) is 4.05. The van der Waals surface area contributed by atoms with E-state index in [0.29, 0.717) is 32.7 Å². The summed E-state index contributed by atoms with van der Waals surface area (Å²) in [4.78, 5) is 36.2. The zero-order chi connectivity index (χ0) is 22.3. The van der Waals surface area contributed by atoms with E-state index in [-0.39, 0.29) is 23.3 Å². The lowest BCUT2D eigenvalue weighted by Crippen LogP contribution is -2.40. The number of aromatic nitrogens is 2. The Morgan fingerprint density at radius 1 is 1.32 bits per heavy atom. The maximum absolute atomic E-state index is 14.2.